The van der Waals surface area contributed by atoms with Gasteiger partial charge < -0.3 is 4.90 Å². The van der Waals surface area contributed by atoms with Gasteiger partial charge in [-0.15, -0.1) is 0 Å². The molecule has 0 saturated heterocycles. The number of benzene rings is 2. The van der Waals surface area contributed by atoms with Crippen molar-refractivity contribution in [1.82, 2.24) is 4.90 Å². The molecule has 5 heteroatoms. The third kappa shape index (κ3) is 4.97. The molecule has 0 fully saturated rings. The van der Waals surface area contributed by atoms with Crippen LogP contribution in [0.15, 0.2) is 59.5 Å². The van der Waals surface area contributed by atoms with Crippen LogP contribution in [0, 0.1) is 0 Å². The minimum Gasteiger partial charge on any atom is -0.302 e. The maximum atomic E-state index is 11.2. The summed E-state index contributed by atoms with van der Waals surface area (Å²) in [5.41, 5.74) is 2.38. The maximum absolute atomic E-state index is 11.2. The van der Waals surface area contributed by atoms with Crippen LogP contribution in [0.25, 0.3) is 0 Å². The predicted octanol–water partition coefficient (Wildman–Crippen LogP) is 2.01. The fourth-order valence-corrected chi connectivity index (χ4v) is 2.66. The topological polar surface area (TPSA) is 63.4 Å². The number of sulfonamides is 1. The summed E-state index contributed by atoms with van der Waals surface area (Å²) in [6, 6.07) is 17.1. The molecule has 0 saturated carbocycles. The Kier molecular flexibility index (Phi) is 5.12. The Morgan fingerprint density at radius 1 is 0.952 bits per heavy atom. The number of nitrogens with zero attached hydrogens (tertiary/aromatic N) is 1. The SMILES string of the molecule is CN(CCc1ccccc1)Cc1ccc(S(N)(=O)=O)cc1. The van der Waals surface area contributed by atoms with E-state index in [2.05, 4.69) is 24.1 Å². The van der Waals surface area contributed by atoms with E-state index in [0.717, 1.165) is 25.1 Å². The number of primary sulfonamides is 1. The Hall–Kier alpha value is -1.69. The highest BCUT2D eigenvalue weighted by molar-refractivity contribution is 7.89. The molecule has 0 radical (unpaired) electrons. The zero-order valence-corrected chi connectivity index (χ0v) is 12.9. The average Bonchev–Trinajstić information content (AvgIpc) is 2.46. The van der Waals surface area contributed by atoms with E-state index in [9.17, 15) is 8.42 Å². The van der Waals surface area contributed by atoms with Crippen molar-refractivity contribution in [2.24, 2.45) is 5.14 Å². The van der Waals surface area contributed by atoms with Gasteiger partial charge in [-0.2, -0.15) is 0 Å². The van der Waals surface area contributed by atoms with Gasteiger partial charge in [-0.05, 0) is 36.7 Å². The van der Waals surface area contributed by atoms with E-state index >= 15 is 0 Å². The molecule has 0 spiro atoms. The fraction of sp³-hybridized carbons (Fsp3) is 0.250. The lowest BCUT2D eigenvalue weighted by atomic mass is 10.1. The standard InChI is InChI=1S/C16H20N2O2S/c1-18(12-11-14-5-3-2-4-6-14)13-15-7-9-16(10-8-15)21(17,19)20/h2-10H,11-13H2,1H3,(H2,17,19,20). The Balaban J connectivity index is 1.89. The van der Waals surface area contributed by atoms with Gasteiger partial charge in [0, 0.05) is 13.1 Å². The molecular formula is C16H20N2O2S. The van der Waals surface area contributed by atoms with Crippen LogP contribution in [0.2, 0.25) is 0 Å². The van der Waals surface area contributed by atoms with E-state index in [1.165, 1.54) is 5.56 Å². The first-order valence-corrected chi connectivity index (χ1v) is 8.34. The molecule has 0 aromatic heterocycles. The van der Waals surface area contributed by atoms with Crippen LogP contribution >= 0.6 is 0 Å². The second kappa shape index (κ2) is 6.85. The first-order valence-electron chi connectivity index (χ1n) is 6.79. The number of hydrogen-bond donors (Lipinski definition) is 1. The zero-order chi connectivity index (χ0) is 15.3. The molecule has 0 aliphatic carbocycles. The zero-order valence-electron chi connectivity index (χ0n) is 12.1. The fourth-order valence-electron chi connectivity index (χ4n) is 2.14. The molecule has 0 unspecified atom stereocenters. The van der Waals surface area contributed by atoms with E-state index in [1.54, 1.807) is 24.3 Å². The lowest BCUT2D eigenvalue weighted by molar-refractivity contribution is 0.331. The third-order valence-corrected chi connectivity index (χ3v) is 4.26. The molecule has 0 heterocycles. The van der Waals surface area contributed by atoms with E-state index in [0.29, 0.717) is 0 Å². The van der Waals surface area contributed by atoms with Gasteiger partial charge >= 0.3 is 0 Å². The van der Waals surface area contributed by atoms with Gasteiger partial charge in [0.15, 0.2) is 0 Å². The molecule has 2 N–H and O–H groups in total. The monoisotopic (exact) mass is 304 g/mol. The summed E-state index contributed by atoms with van der Waals surface area (Å²) in [7, 11) is -1.56. The van der Waals surface area contributed by atoms with Crippen molar-refractivity contribution in [2.75, 3.05) is 13.6 Å². The minimum absolute atomic E-state index is 0.151. The summed E-state index contributed by atoms with van der Waals surface area (Å²) in [4.78, 5) is 2.36. The van der Waals surface area contributed by atoms with Gasteiger partial charge in [-0.1, -0.05) is 42.5 Å². The maximum Gasteiger partial charge on any atom is 0.238 e. The first-order chi connectivity index (χ1) is 9.95. The predicted molar refractivity (Wildman–Crippen MR) is 84.3 cm³/mol. The smallest absolute Gasteiger partial charge is 0.238 e. The van der Waals surface area contributed by atoms with Crippen molar-refractivity contribution in [3.63, 3.8) is 0 Å². The van der Waals surface area contributed by atoms with Gasteiger partial charge in [0.2, 0.25) is 10.0 Å². The van der Waals surface area contributed by atoms with Crippen LogP contribution in [-0.4, -0.2) is 26.9 Å². The number of likely N-dealkylation sites (N-methyl/N-ethyl adjacent to an activating group) is 1. The first kappa shape index (κ1) is 15.7. The normalized spacial score (nSPS) is 11.8. The quantitative estimate of drug-likeness (QED) is 0.888. The number of hydrogen-bond acceptors (Lipinski definition) is 3. The molecule has 2 aromatic rings. The number of nitrogens with two attached hydrogens (primary N) is 1. The minimum atomic E-state index is -3.61. The van der Waals surface area contributed by atoms with Crippen LogP contribution in [0.3, 0.4) is 0 Å². The molecule has 0 bridgehead atoms. The summed E-state index contributed by atoms with van der Waals surface area (Å²) in [6.45, 7) is 1.72. The summed E-state index contributed by atoms with van der Waals surface area (Å²) in [6.07, 6.45) is 0.993. The van der Waals surface area contributed by atoms with Crippen molar-refractivity contribution in [2.45, 2.75) is 17.9 Å². The van der Waals surface area contributed by atoms with Crippen molar-refractivity contribution in [1.29, 1.82) is 0 Å². The Morgan fingerprint density at radius 2 is 1.57 bits per heavy atom. The highest BCUT2D eigenvalue weighted by Gasteiger charge is 2.07. The highest BCUT2D eigenvalue weighted by atomic mass is 32.2. The van der Waals surface area contributed by atoms with Crippen LogP contribution in [0.5, 0.6) is 0 Å². The summed E-state index contributed by atoms with van der Waals surface area (Å²) in [5.74, 6) is 0. The summed E-state index contributed by atoms with van der Waals surface area (Å²) >= 11 is 0. The van der Waals surface area contributed by atoms with Crippen molar-refractivity contribution in [3.05, 3.63) is 65.7 Å². The molecule has 2 aromatic carbocycles. The van der Waals surface area contributed by atoms with E-state index in [-0.39, 0.29) is 4.90 Å². The van der Waals surface area contributed by atoms with E-state index in [4.69, 9.17) is 5.14 Å². The van der Waals surface area contributed by atoms with Gasteiger partial charge in [-0.25, -0.2) is 13.6 Å². The Labute approximate surface area is 126 Å². The van der Waals surface area contributed by atoms with Crippen molar-refractivity contribution < 1.29 is 8.42 Å². The summed E-state index contributed by atoms with van der Waals surface area (Å²) in [5, 5.41) is 5.08. The number of rotatable bonds is 6. The molecule has 4 nitrogen and oxygen atoms in total. The second-order valence-electron chi connectivity index (χ2n) is 5.16. The Morgan fingerprint density at radius 3 is 2.14 bits per heavy atom. The Bertz CT molecular complexity index is 667. The van der Waals surface area contributed by atoms with Crippen LogP contribution in [0.1, 0.15) is 11.1 Å². The third-order valence-electron chi connectivity index (χ3n) is 3.33. The largest absolute Gasteiger partial charge is 0.302 e. The lowest BCUT2D eigenvalue weighted by Crippen LogP contribution is -2.20. The molecule has 0 atom stereocenters. The van der Waals surface area contributed by atoms with Crippen molar-refractivity contribution >= 4 is 10.0 Å². The molecule has 21 heavy (non-hydrogen) atoms. The molecule has 0 amide bonds. The van der Waals surface area contributed by atoms with Crippen LogP contribution < -0.4 is 5.14 Å². The molecule has 0 aliphatic heterocycles. The van der Waals surface area contributed by atoms with Crippen LogP contribution in [-0.2, 0) is 23.0 Å². The second-order valence-corrected chi connectivity index (χ2v) is 6.72. The van der Waals surface area contributed by atoms with Crippen molar-refractivity contribution in [3.8, 4) is 0 Å². The molecule has 0 aliphatic rings. The summed E-state index contributed by atoms with van der Waals surface area (Å²) < 4.78 is 22.4. The lowest BCUT2D eigenvalue weighted by Gasteiger charge is -2.16. The average molecular weight is 304 g/mol. The van der Waals surface area contributed by atoms with E-state index < -0.39 is 10.0 Å². The van der Waals surface area contributed by atoms with Gasteiger partial charge in [0.25, 0.3) is 0 Å². The van der Waals surface area contributed by atoms with Crippen LogP contribution in [0.4, 0.5) is 0 Å². The molecule has 112 valence electrons. The molecular weight excluding hydrogens is 284 g/mol. The van der Waals surface area contributed by atoms with E-state index in [1.807, 2.05) is 18.2 Å². The molecule has 2 rings (SSSR count). The van der Waals surface area contributed by atoms with Gasteiger partial charge in [0.1, 0.15) is 0 Å². The van der Waals surface area contributed by atoms with Gasteiger partial charge in [0.05, 0.1) is 4.90 Å². The van der Waals surface area contributed by atoms with Gasteiger partial charge in [-0.3, -0.25) is 0 Å². The highest BCUT2D eigenvalue weighted by Crippen LogP contribution is 2.10.